The van der Waals surface area contributed by atoms with E-state index in [4.69, 9.17) is 10.5 Å². The molecule has 0 aromatic carbocycles. The highest BCUT2D eigenvalue weighted by atomic mass is 16.5. The predicted molar refractivity (Wildman–Crippen MR) is 61.6 cm³/mol. The van der Waals surface area contributed by atoms with E-state index < -0.39 is 0 Å². The molecule has 1 atom stereocenters. The summed E-state index contributed by atoms with van der Waals surface area (Å²) in [6, 6.07) is 0. The van der Waals surface area contributed by atoms with Crippen molar-refractivity contribution in [3.8, 4) is 0 Å². The highest BCUT2D eigenvalue weighted by Gasteiger charge is 2.07. The number of hydrogen-bond acceptors (Lipinski definition) is 2. The van der Waals surface area contributed by atoms with E-state index in [9.17, 15) is 0 Å². The highest BCUT2D eigenvalue weighted by molar-refractivity contribution is 5.17. The maximum absolute atomic E-state index is 5.66. The maximum Gasteiger partial charge on any atom is 0.184 e. The number of ether oxygens (including phenoxy) is 1. The van der Waals surface area contributed by atoms with Crippen LogP contribution in [-0.2, 0) is 4.74 Å². The van der Waals surface area contributed by atoms with E-state index in [0.29, 0.717) is 11.8 Å². The van der Waals surface area contributed by atoms with Gasteiger partial charge in [0, 0.05) is 0 Å². The van der Waals surface area contributed by atoms with Gasteiger partial charge in [-0.05, 0) is 25.8 Å². The summed E-state index contributed by atoms with van der Waals surface area (Å²) < 4.78 is 5.45. The van der Waals surface area contributed by atoms with Crippen LogP contribution in [0.5, 0.6) is 0 Å². The van der Waals surface area contributed by atoms with Crippen LogP contribution in [0.15, 0.2) is 36.3 Å². The van der Waals surface area contributed by atoms with Crippen LogP contribution < -0.4 is 5.73 Å². The van der Waals surface area contributed by atoms with Gasteiger partial charge in [-0.2, -0.15) is 0 Å². The second-order valence-corrected chi connectivity index (χ2v) is 3.84. The lowest BCUT2D eigenvalue weighted by Gasteiger charge is -2.17. The standard InChI is InChI=1S/C12H21NO/c1-9(2)7-6-8-12(13)14-11(5)10(3)4/h6-8,10-11H,1,13H2,2-5H3/b7-6-,12-8+. The van der Waals surface area contributed by atoms with Crippen molar-refractivity contribution in [2.24, 2.45) is 11.7 Å². The van der Waals surface area contributed by atoms with Gasteiger partial charge < -0.3 is 10.5 Å². The molecule has 2 N–H and O–H groups in total. The van der Waals surface area contributed by atoms with E-state index in [-0.39, 0.29) is 6.10 Å². The van der Waals surface area contributed by atoms with Gasteiger partial charge in [0.15, 0.2) is 5.88 Å². The summed E-state index contributed by atoms with van der Waals surface area (Å²) in [6.07, 6.45) is 5.61. The molecule has 0 aromatic heterocycles. The summed E-state index contributed by atoms with van der Waals surface area (Å²) in [5, 5.41) is 0. The number of nitrogens with two attached hydrogens (primary N) is 1. The Morgan fingerprint density at radius 2 is 1.93 bits per heavy atom. The van der Waals surface area contributed by atoms with Crippen LogP contribution in [0, 0.1) is 5.92 Å². The molecule has 0 aliphatic carbocycles. The van der Waals surface area contributed by atoms with Crippen LogP contribution in [0.4, 0.5) is 0 Å². The first-order valence-electron chi connectivity index (χ1n) is 4.89. The van der Waals surface area contributed by atoms with E-state index >= 15 is 0 Å². The molecule has 2 heteroatoms. The summed E-state index contributed by atoms with van der Waals surface area (Å²) in [7, 11) is 0. The van der Waals surface area contributed by atoms with Crippen molar-refractivity contribution in [2.75, 3.05) is 0 Å². The van der Waals surface area contributed by atoms with Crippen molar-refractivity contribution in [2.45, 2.75) is 33.8 Å². The van der Waals surface area contributed by atoms with Crippen molar-refractivity contribution in [3.05, 3.63) is 36.3 Å². The minimum Gasteiger partial charge on any atom is -0.476 e. The number of rotatable bonds is 5. The van der Waals surface area contributed by atoms with Gasteiger partial charge in [-0.1, -0.05) is 38.2 Å². The molecule has 0 fully saturated rings. The molecule has 2 nitrogen and oxygen atoms in total. The third-order valence-electron chi connectivity index (χ3n) is 1.90. The molecule has 0 rings (SSSR count). The molecule has 0 radical (unpaired) electrons. The normalized spacial score (nSPS) is 14.8. The summed E-state index contributed by atoms with van der Waals surface area (Å²) in [4.78, 5) is 0. The molecule has 0 heterocycles. The van der Waals surface area contributed by atoms with Gasteiger partial charge >= 0.3 is 0 Å². The van der Waals surface area contributed by atoms with Crippen molar-refractivity contribution in [3.63, 3.8) is 0 Å². The molecular formula is C12H21NO. The molecule has 0 saturated heterocycles. The molecule has 0 amide bonds. The van der Waals surface area contributed by atoms with Gasteiger partial charge in [0.1, 0.15) is 0 Å². The van der Waals surface area contributed by atoms with Crippen LogP contribution in [0.2, 0.25) is 0 Å². The molecule has 80 valence electrons. The van der Waals surface area contributed by atoms with Gasteiger partial charge in [-0.3, -0.25) is 0 Å². The molecule has 0 spiro atoms. The van der Waals surface area contributed by atoms with Crippen LogP contribution in [-0.4, -0.2) is 6.10 Å². The van der Waals surface area contributed by atoms with Gasteiger partial charge in [0.25, 0.3) is 0 Å². The van der Waals surface area contributed by atoms with Gasteiger partial charge in [-0.15, -0.1) is 0 Å². The van der Waals surface area contributed by atoms with Crippen molar-refractivity contribution in [1.29, 1.82) is 0 Å². The molecule has 0 aliphatic heterocycles. The topological polar surface area (TPSA) is 35.2 Å². The fraction of sp³-hybridized carbons (Fsp3) is 0.500. The van der Waals surface area contributed by atoms with Crippen LogP contribution in [0.25, 0.3) is 0 Å². The average Bonchev–Trinajstić information content (AvgIpc) is 2.02. The Morgan fingerprint density at radius 1 is 1.36 bits per heavy atom. The van der Waals surface area contributed by atoms with E-state index in [2.05, 4.69) is 20.4 Å². The fourth-order valence-electron chi connectivity index (χ4n) is 0.697. The first-order valence-corrected chi connectivity index (χ1v) is 4.89. The van der Waals surface area contributed by atoms with Crippen molar-refractivity contribution >= 4 is 0 Å². The summed E-state index contributed by atoms with van der Waals surface area (Å²) in [5.41, 5.74) is 6.65. The van der Waals surface area contributed by atoms with Crippen molar-refractivity contribution < 1.29 is 4.74 Å². The lowest BCUT2D eigenvalue weighted by Crippen LogP contribution is -2.18. The van der Waals surface area contributed by atoms with Crippen LogP contribution in [0.3, 0.4) is 0 Å². The van der Waals surface area contributed by atoms with E-state index in [1.807, 2.05) is 26.0 Å². The number of hydrogen-bond donors (Lipinski definition) is 1. The van der Waals surface area contributed by atoms with E-state index in [1.54, 1.807) is 6.08 Å². The first kappa shape index (κ1) is 12.8. The maximum atomic E-state index is 5.66. The third-order valence-corrected chi connectivity index (χ3v) is 1.90. The zero-order valence-corrected chi connectivity index (χ0v) is 9.58. The lowest BCUT2D eigenvalue weighted by molar-refractivity contribution is 0.0907. The minimum atomic E-state index is 0.143. The Balaban J connectivity index is 4.07. The second-order valence-electron chi connectivity index (χ2n) is 3.84. The van der Waals surface area contributed by atoms with Crippen LogP contribution in [0.1, 0.15) is 27.7 Å². The minimum absolute atomic E-state index is 0.143. The largest absolute Gasteiger partial charge is 0.476 e. The summed E-state index contributed by atoms with van der Waals surface area (Å²) in [5.74, 6) is 0.913. The van der Waals surface area contributed by atoms with Gasteiger partial charge in [0.05, 0.1) is 6.10 Å². The molecule has 0 aliphatic rings. The van der Waals surface area contributed by atoms with Gasteiger partial charge in [0.2, 0.25) is 0 Å². The fourth-order valence-corrected chi connectivity index (χ4v) is 0.697. The zero-order valence-electron chi connectivity index (χ0n) is 9.58. The Hall–Kier alpha value is -1.18. The second kappa shape index (κ2) is 6.30. The monoisotopic (exact) mass is 195 g/mol. The Bertz CT molecular complexity index is 239. The smallest absolute Gasteiger partial charge is 0.184 e. The molecule has 14 heavy (non-hydrogen) atoms. The summed E-state index contributed by atoms with van der Waals surface area (Å²) in [6.45, 7) is 11.9. The average molecular weight is 195 g/mol. The van der Waals surface area contributed by atoms with E-state index in [0.717, 1.165) is 5.57 Å². The Kier molecular flexibility index (Phi) is 5.77. The third kappa shape index (κ3) is 6.35. The SMILES string of the molecule is C=C(C)/C=C\C=C(/N)OC(C)C(C)C. The molecule has 0 aromatic rings. The Morgan fingerprint density at radius 3 is 2.36 bits per heavy atom. The molecular weight excluding hydrogens is 174 g/mol. The number of allylic oxidation sites excluding steroid dienone is 4. The highest BCUT2D eigenvalue weighted by Crippen LogP contribution is 2.07. The Labute approximate surface area is 87.1 Å². The molecule has 0 bridgehead atoms. The van der Waals surface area contributed by atoms with Gasteiger partial charge in [-0.25, -0.2) is 0 Å². The van der Waals surface area contributed by atoms with E-state index in [1.165, 1.54) is 0 Å². The predicted octanol–water partition coefficient (Wildman–Crippen LogP) is 2.98. The quantitative estimate of drug-likeness (QED) is 0.540. The van der Waals surface area contributed by atoms with Crippen molar-refractivity contribution in [1.82, 2.24) is 0 Å². The lowest BCUT2D eigenvalue weighted by atomic mass is 10.1. The first-order chi connectivity index (χ1) is 6.43. The molecule has 1 unspecified atom stereocenters. The summed E-state index contributed by atoms with van der Waals surface area (Å²) >= 11 is 0. The zero-order chi connectivity index (χ0) is 11.1. The molecule has 0 saturated carbocycles. The van der Waals surface area contributed by atoms with Crippen LogP contribution >= 0.6 is 0 Å².